The number of ether oxygens (including phenoxy) is 1. The van der Waals surface area contributed by atoms with Crippen LogP contribution in [0.1, 0.15) is 41.3 Å². The van der Waals surface area contributed by atoms with Crippen LogP contribution in [0.2, 0.25) is 5.02 Å². The number of hydrogen-bond acceptors (Lipinski definition) is 4. The number of carbonyl (C=O) groups excluding carboxylic acids is 3. The summed E-state index contributed by atoms with van der Waals surface area (Å²) in [6.45, 7) is 3.18. The van der Waals surface area contributed by atoms with Gasteiger partial charge in [0.15, 0.2) is 5.82 Å². The summed E-state index contributed by atoms with van der Waals surface area (Å²) < 4.78 is 86.1. The van der Waals surface area contributed by atoms with E-state index in [2.05, 4.69) is 16.0 Å². The zero-order valence-corrected chi connectivity index (χ0v) is 25.4. The van der Waals surface area contributed by atoms with Crippen molar-refractivity contribution in [3.63, 3.8) is 0 Å². The van der Waals surface area contributed by atoms with Gasteiger partial charge in [0.1, 0.15) is 27.8 Å². The molecule has 0 saturated heterocycles. The summed E-state index contributed by atoms with van der Waals surface area (Å²) in [6.07, 6.45) is -6.02. The van der Waals surface area contributed by atoms with E-state index in [9.17, 15) is 36.3 Å². The molecular weight excluding hydrogens is 675 g/mol. The second-order valence-corrected chi connectivity index (χ2v) is 11.7. The highest BCUT2D eigenvalue weighted by molar-refractivity contribution is 6.53. The van der Waals surface area contributed by atoms with Crippen molar-refractivity contribution < 1.29 is 45.5 Å². The second kappa shape index (κ2) is 13.1. The fraction of sp³-hybridized carbons (Fsp3) is 0.276. The van der Waals surface area contributed by atoms with Gasteiger partial charge in [0.05, 0.1) is 27.8 Å². The van der Waals surface area contributed by atoms with Gasteiger partial charge in [0, 0.05) is 18.2 Å². The van der Waals surface area contributed by atoms with Crippen LogP contribution in [0.4, 0.5) is 43.4 Å². The topological polar surface area (TPSA) is 96.5 Å². The van der Waals surface area contributed by atoms with Crippen molar-refractivity contribution in [2.24, 2.45) is 5.92 Å². The van der Waals surface area contributed by atoms with Gasteiger partial charge >= 0.3 is 6.18 Å². The van der Waals surface area contributed by atoms with Gasteiger partial charge in [-0.1, -0.05) is 17.7 Å². The molecule has 4 rings (SSSR count). The van der Waals surface area contributed by atoms with Gasteiger partial charge in [0.25, 0.3) is 11.8 Å². The van der Waals surface area contributed by atoms with E-state index in [-0.39, 0.29) is 28.4 Å². The molecule has 1 aliphatic carbocycles. The van der Waals surface area contributed by atoms with E-state index in [1.54, 1.807) is 6.92 Å². The smallest absolute Gasteiger partial charge is 0.369 e. The maximum atomic E-state index is 15.1. The van der Waals surface area contributed by atoms with E-state index in [0.29, 0.717) is 12.1 Å². The number of halogens is 9. The van der Waals surface area contributed by atoms with Gasteiger partial charge in [-0.15, -0.1) is 23.2 Å². The molecule has 3 amide bonds. The van der Waals surface area contributed by atoms with Crippen molar-refractivity contribution in [1.82, 2.24) is 0 Å². The fourth-order valence-corrected chi connectivity index (χ4v) is 5.55. The van der Waals surface area contributed by atoms with Crippen LogP contribution < -0.4 is 16.0 Å². The zero-order chi connectivity index (χ0) is 33.4. The summed E-state index contributed by atoms with van der Waals surface area (Å²) in [5.41, 5.74) is -3.29. The lowest BCUT2D eigenvalue weighted by Crippen LogP contribution is -2.28. The Hall–Kier alpha value is -3.52. The van der Waals surface area contributed by atoms with Crippen molar-refractivity contribution in [2.75, 3.05) is 22.6 Å². The number of amides is 3. The number of anilines is 3. The van der Waals surface area contributed by atoms with E-state index < -0.39 is 80.6 Å². The van der Waals surface area contributed by atoms with Crippen molar-refractivity contribution >= 4 is 69.6 Å². The molecule has 0 spiro atoms. The molecular formula is C29H22Cl3F6N3O4. The number of carbonyl (C=O) groups is 3. The molecule has 45 heavy (non-hydrogen) atoms. The van der Waals surface area contributed by atoms with Gasteiger partial charge in [-0.05, 0) is 61.9 Å². The van der Waals surface area contributed by atoms with Gasteiger partial charge in [-0.25, -0.2) is 13.2 Å². The highest BCUT2D eigenvalue weighted by Gasteiger charge is 2.67. The molecule has 0 bridgehead atoms. The second-order valence-electron chi connectivity index (χ2n) is 9.88. The molecule has 0 aromatic heterocycles. The molecule has 1 fully saturated rings. The molecule has 3 aromatic carbocycles. The first-order chi connectivity index (χ1) is 21.0. The van der Waals surface area contributed by atoms with Crippen LogP contribution in [0.15, 0.2) is 48.5 Å². The summed E-state index contributed by atoms with van der Waals surface area (Å²) >= 11 is 18.6. The Morgan fingerprint density at radius 1 is 0.956 bits per heavy atom. The van der Waals surface area contributed by atoms with Gasteiger partial charge in [-0.3, -0.25) is 14.4 Å². The summed E-state index contributed by atoms with van der Waals surface area (Å²) in [7, 11) is 0. The average Bonchev–Trinajstić information content (AvgIpc) is 3.54. The molecule has 3 N–H and O–H groups in total. The Bertz CT molecular complexity index is 1670. The number of benzene rings is 3. The summed E-state index contributed by atoms with van der Waals surface area (Å²) in [5, 5.41) is 6.61. The largest absolute Gasteiger partial charge is 0.419 e. The van der Waals surface area contributed by atoms with Crippen LogP contribution in [-0.4, -0.2) is 34.8 Å². The minimum absolute atomic E-state index is 0.0168. The maximum Gasteiger partial charge on any atom is 0.419 e. The quantitative estimate of drug-likeness (QED) is 0.157. The molecule has 1 aliphatic rings. The Morgan fingerprint density at radius 2 is 1.62 bits per heavy atom. The first-order valence-electron chi connectivity index (χ1n) is 13.0. The van der Waals surface area contributed by atoms with Crippen molar-refractivity contribution in [1.29, 1.82) is 0 Å². The third kappa shape index (κ3) is 7.32. The first kappa shape index (κ1) is 34.4. The maximum absolute atomic E-state index is 15.1. The summed E-state index contributed by atoms with van der Waals surface area (Å²) in [5.74, 6) is -8.95. The van der Waals surface area contributed by atoms with Crippen molar-refractivity contribution in [3.05, 3.63) is 87.7 Å². The lowest BCUT2D eigenvalue weighted by atomic mass is 10.0. The molecule has 3 aromatic rings. The first-order valence-corrected chi connectivity index (χ1v) is 14.2. The molecule has 3 atom stereocenters. The van der Waals surface area contributed by atoms with Crippen LogP contribution in [0.3, 0.4) is 0 Å². The van der Waals surface area contributed by atoms with Gasteiger partial charge in [-0.2, -0.15) is 13.2 Å². The third-order valence-electron chi connectivity index (χ3n) is 6.84. The van der Waals surface area contributed by atoms with E-state index in [0.717, 1.165) is 24.3 Å². The lowest BCUT2D eigenvalue weighted by molar-refractivity contribution is -0.140. The lowest BCUT2D eigenvalue weighted by Gasteiger charge is -2.15. The minimum Gasteiger partial charge on any atom is -0.369 e. The minimum atomic E-state index is -5.00. The molecule has 240 valence electrons. The Balaban J connectivity index is 1.51. The molecule has 0 radical (unpaired) electrons. The molecule has 0 heterocycles. The van der Waals surface area contributed by atoms with Crippen LogP contribution in [-0.2, 0) is 20.5 Å². The van der Waals surface area contributed by atoms with E-state index >= 15 is 4.39 Å². The Morgan fingerprint density at radius 3 is 2.27 bits per heavy atom. The average molecular weight is 697 g/mol. The highest BCUT2D eigenvalue weighted by atomic mass is 35.5. The molecule has 7 nitrogen and oxygen atoms in total. The van der Waals surface area contributed by atoms with Crippen LogP contribution in [0.25, 0.3) is 0 Å². The molecule has 0 aliphatic heterocycles. The highest BCUT2D eigenvalue weighted by Crippen LogP contribution is 2.65. The Labute approximate surface area is 267 Å². The van der Waals surface area contributed by atoms with E-state index in [1.807, 2.05) is 0 Å². The number of rotatable bonds is 9. The SMILES string of the molecule is CCO[C@@H](C)C(=O)Nc1c(F)ccc(NC(=O)c2cc(NC(=O)[C@H]3[C@H](c4ccc(F)c(C(F)(F)F)c4)C3(Cl)Cl)ccc2Cl)c1F. The van der Waals surface area contributed by atoms with Crippen LogP contribution >= 0.6 is 34.8 Å². The summed E-state index contributed by atoms with van der Waals surface area (Å²) in [6, 6.07) is 7.53. The van der Waals surface area contributed by atoms with Crippen LogP contribution in [0.5, 0.6) is 0 Å². The van der Waals surface area contributed by atoms with E-state index in [1.165, 1.54) is 19.1 Å². The van der Waals surface area contributed by atoms with Crippen molar-refractivity contribution in [3.8, 4) is 0 Å². The van der Waals surface area contributed by atoms with Gasteiger partial charge < -0.3 is 20.7 Å². The number of nitrogens with one attached hydrogen (secondary N) is 3. The zero-order valence-electron chi connectivity index (χ0n) is 23.1. The summed E-state index contributed by atoms with van der Waals surface area (Å²) in [4.78, 5) is 38.3. The molecule has 1 saturated carbocycles. The predicted octanol–water partition coefficient (Wildman–Crippen LogP) is 7.92. The van der Waals surface area contributed by atoms with Crippen LogP contribution in [0, 0.1) is 23.4 Å². The third-order valence-corrected chi connectivity index (χ3v) is 8.11. The monoisotopic (exact) mass is 695 g/mol. The number of hydrogen-bond donors (Lipinski definition) is 3. The molecule has 16 heteroatoms. The Kier molecular flexibility index (Phi) is 9.98. The van der Waals surface area contributed by atoms with Gasteiger partial charge in [0.2, 0.25) is 5.91 Å². The standard InChI is InChI=1S/C29H22Cl3F6N3O4/c1-3-45-12(2)25(42)41-24-19(34)8-9-20(23(24)35)40-26(43)15-11-14(5-6-17(15)30)39-27(44)22-21(28(22,31)32)13-4-7-18(33)16(10-13)29(36,37)38/h4-12,21-22H,3H2,1-2H3,(H,39,44)(H,40,43)(H,41,42)/t12-,21-,22+/m0/s1. The predicted molar refractivity (Wildman–Crippen MR) is 156 cm³/mol. The number of alkyl halides is 5. The normalized spacial score (nSPS) is 17.8. The fourth-order valence-electron chi connectivity index (χ4n) is 4.52. The molecule has 0 unspecified atom stereocenters. The van der Waals surface area contributed by atoms with E-state index in [4.69, 9.17) is 39.5 Å². The van der Waals surface area contributed by atoms with Crippen molar-refractivity contribution in [2.45, 2.75) is 36.4 Å².